The van der Waals surface area contributed by atoms with Crippen LogP contribution in [0.15, 0.2) is 91.0 Å². The molecule has 0 aliphatic carbocycles. The number of hydrogen-bond acceptors (Lipinski definition) is 1. The number of benzene rings is 4. The molecule has 1 amide bonds. The molecule has 1 aromatic heterocycles. The van der Waals surface area contributed by atoms with Crippen molar-refractivity contribution in [2.75, 3.05) is 0 Å². The van der Waals surface area contributed by atoms with Crippen LogP contribution in [-0.2, 0) is 6.54 Å². The van der Waals surface area contributed by atoms with E-state index < -0.39 is 5.91 Å². The molecule has 0 saturated carbocycles. The largest absolute Gasteiger partial charge is 0.366 e. The third-order valence-electron chi connectivity index (χ3n) is 5.50. The zero-order valence-corrected chi connectivity index (χ0v) is 16.2. The molecule has 2 N–H and O–H groups in total. The summed E-state index contributed by atoms with van der Waals surface area (Å²) in [6.45, 7) is 0.476. The van der Waals surface area contributed by atoms with E-state index in [0.29, 0.717) is 28.4 Å². The molecular formula is C26H19FN2O. The minimum absolute atomic E-state index is 0.321. The summed E-state index contributed by atoms with van der Waals surface area (Å²) in [6, 6.07) is 28.7. The van der Waals surface area contributed by atoms with Crippen molar-refractivity contribution in [3.05, 3.63) is 108 Å². The lowest BCUT2D eigenvalue weighted by atomic mass is 10.0. The fourth-order valence-corrected chi connectivity index (χ4v) is 4.19. The summed E-state index contributed by atoms with van der Waals surface area (Å²) in [7, 11) is 0. The summed E-state index contributed by atoms with van der Waals surface area (Å²) in [6.07, 6.45) is 0. The van der Waals surface area contributed by atoms with Crippen LogP contribution in [0.2, 0.25) is 0 Å². The van der Waals surface area contributed by atoms with Crippen LogP contribution in [0, 0.1) is 5.82 Å². The van der Waals surface area contributed by atoms with Crippen LogP contribution in [0.25, 0.3) is 32.9 Å². The van der Waals surface area contributed by atoms with E-state index in [4.69, 9.17) is 5.73 Å². The molecule has 0 bridgehead atoms. The summed E-state index contributed by atoms with van der Waals surface area (Å²) in [4.78, 5) is 12.0. The highest BCUT2D eigenvalue weighted by atomic mass is 19.1. The lowest BCUT2D eigenvalue weighted by Crippen LogP contribution is -2.11. The molecule has 0 spiro atoms. The number of para-hydroxylation sites is 1. The predicted molar refractivity (Wildman–Crippen MR) is 119 cm³/mol. The molecule has 0 aliphatic heterocycles. The molecule has 30 heavy (non-hydrogen) atoms. The van der Waals surface area contributed by atoms with Gasteiger partial charge in [0.25, 0.3) is 0 Å². The predicted octanol–water partition coefficient (Wildman–Crippen LogP) is 5.75. The van der Waals surface area contributed by atoms with Crippen LogP contribution in [0.5, 0.6) is 0 Å². The smallest absolute Gasteiger partial charge is 0.249 e. The van der Waals surface area contributed by atoms with Crippen molar-refractivity contribution in [1.82, 2.24) is 4.57 Å². The van der Waals surface area contributed by atoms with Gasteiger partial charge in [-0.2, -0.15) is 0 Å². The van der Waals surface area contributed by atoms with Crippen molar-refractivity contribution in [3.8, 4) is 11.1 Å². The van der Waals surface area contributed by atoms with Crippen LogP contribution in [0.3, 0.4) is 0 Å². The molecule has 4 heteroatoms. The molecule has 1 heterocycles. The first-order valence-corrected chi connectivity index (χ1v) is 9.77. The van der Waals surface area contributed by atoms with Gasteiger partial charge in [-0.05, 0) is 41.0 Å². The topological polar surface area (TPSA) is 48.0 Å². The number of carbonyl (C=O) groups is 1. The summed E-state index contributed by atoms with van der Waals surface area (Å²) in [5.74, 6) is -0.840. The minimum Gasteiger partial charge on any atom is -0.366 e. The van der Waals surface area contributed by atoms with Crippen LogP contribution in [0.1, 0.15) is 15.9 Å². The number of nitrogens with zero attached hydrogens (tertiary/aromatic N) is 1. The number of hydrogen-bond donors (Lipinski definition) is 1. The standard InChI is InChI=1S/C26H19FN2O/c27-22-13-5-11-20-24-21(26(28)30)12-6-14-23(24)29(25(20)22)16-17-7-4-10-19(15-17)18-8-2-1-3-9-18/h1-15H,16H2,(H2,28,30). The van der Waals surface area contributed by atoms with Gasteiger partial charge in [0.2, 0.25) is 5.91 Å². The van der Waals surface area contributed by atoms with Crippen molar-refractivity contribution in [3.63, 3.8) is 0 Å². The first-order valence-electron chi connectivity index (χ1n) is 9.77. The van der Waals surface area contributed by atoms with E-state index in [9.17, 15) is 9.18 Å². The van der Waals surface area contributed by atoms with Crippen LogP contribution in [0.4, 0.5) is 4.39 Å². The van der Waals surface area contributed by atoms with Gasteiger partial charge < -0.3 is 10.3 Å². The number of halogens is 1. The van der Waals surface area contributed by atoms with Gasteiger partial charge in [0.05, 0.1) is 11.0 Å². The Bertz CT molecular complexity index is 1400. The van der Waals surface area contributed by atoms with E-state index in [0.717, 1.165) is 22.2 Å². The maximum atomic E-state index is 14.9. The molecule has 0 unspecified atom stereocenters. The molecule has 0 radical (unpaired) electrons. The zero-order chi connectivity index (χ0) is 20.7. The van der Waals surface area contributed by atoms with Crippen molar-refractivity contribution >= 4 is 27.7 Å². The highest BCUT2D eigenvalue weighted by Gasteiger charge is 2.18. The van der Waals surface area contributed by atoms with Crippen molar-refractivity contribution in [2.45, 2.75) is 6.54 Å². The Labute approximate surface area is 173 Å². The second-order valence-corrected chi connectivity index (χ2v) is 7.35. The number of amides is 1. The number of rotatable bonds is 4. The summed E-state index contributed by atoms with van der Waals surface area (Å²) in [5, 5.41) is 1.39. The van der Waals surface area contributed by atoms with Gasteiger partial charge in [0, 0.05) is 22.9 Å². The van der Waals surface area contributed by atoms with Gasteiger partial charge in [-0.25, -0.2) is 4.39 Å². The molecule has 0 fully saturated rings. The Morgan fingerprint density at radius 1 is 0.833 bits per heavy atom. The molecular weight excluding hydrogens is 375 g/mol. The molecule has 4 aromatic carbocycles. The monoisotopic (exact) mass is 394 g/mol. The minimum atomic E-state index is -0.519. The van der Waals surface area contributed by atoms with Crippen LogP contribution < -0.4 is 5.73 Å². The van der Waals surface area contributed by atoms with E-state index in [2.05, 4.69) is 24.3 Å². The fourth-order valence-electron chi connectivity index (χ4n) is 4.19. The third kappa shape index (κ3) is 2.94. The average Bonchev–Trinajstić information content (AvgIpc) is 3.09. The molecule has 0 saturated heterocycles. The lowest BCUT2D eigenvalue weighted by molar-refractivity contribution is 0.100. The highest BCUT2D eigenvalue weighted by Crippen LogP contribution is 2.34. The van der Waals surface area contributed by atoms with Gasteiger partial charge in [-0.1, -0.05) is 66.7 Å². The normalized spacial score (nSPS) is 11.2. The van der Waals surface area contributed by atoms with E-state index in [1.165, 1.54) is 6.07 Å². The maximum absolute atomic E-state index is 14.9. The first-order chi connectivity index (χ1) is 14.6. The van der Waals surface area contributed by atoms with E-state index >= 15 is 0 Å². The second-order valence-electron chi connectivity index (χ2n) is 7.35. The Morgan fingerprint density at radius 3 is 2.37 bits per heavy atom. The second kappa shape index (κ2) is 7.16. The summed E-state index contributed by atoms with van der Waals surface area (Å²) < 4.78 is 16.9. The quantitative estimate of drug-likeness (QED) is 0.415. The third-order valence-corrected chi connectivity index (χ3v) is 5.50. The number of fused-ring (bicyclic) bond motifs is 3. The van der Waals surface area contributed by atoms with E-state index in [1.54, 1.807) is 18.2 Å². The Balaban J connectivity index is 1.72. The van der Waals surface area contributed by atoms with E-state index in [-0.39, 0.29) is 5.82 Å². The van der Waals surface area contributed by atoms with Gasteiger partial charge >= 0.3 is 0 Å². The Hall–Kier alpha value is -3.92. The van der Waals surface area contributed by atoms with Gasteiger partial charge in [-0.3, -0.25) is 4.79 Å². The molecule has 146 valence electrons. The van der Waals surface area contributed by atoms with Gasteiger partial charge in [0.15, 0.2) is 0 Å². The summed E-state index contributed by atoms with van der Waals surface area (Å²) >= 11 is 0. The fraction of sp³-hybridized carbons (Fsp3) is 0.0385. The number of nitrogens with two attached hydrogens (primary N) is 1. The van der Waals surface area contributed by atoms with Crippen molar-refractivity contribution < 1.29 is 9.18 Å². The highest BCUT2D eigenvalue weighted by molar-refractivity contribution is 6.18. The molecule has 0 atom stereocenters. The van der Waals surface area contributed by atoms with Crippen LogP contribution in [-0.4, -0.2) is 10.5 Å². The number of aromatic nitrogens is 1. The number of carbonyl (C=O) groups excluding carboxylic acids is 1. The molecule has 5 rings (SSSR count). The first kappa shape index (κ1) is 18.1. The Kier molecular flexibility index (Phi) is 4.32. The SMILES string of the molecule is NC(=O)c1cccc2c1c1cccc(F)c1n2Cc1cccc(-c2ccccc2)c1. The molecule has 3 nitrogen and oxygen atoms in total. The lowest BCUT2D eigenvalue weighted by Gasteiger charge is -2.10. The molecule has 0 aliphatic rings. The molecule has 5 aromatic rings. The Morgan fingerprint density at radius 2 is 1.57 bits per heavy atom. The van der Waals surface area contributed by atoms with Gasteiger partial charge in [-0.15, -0.1) is 0 Å². The average molecular weight is 394 g/mol. The maximum Gasteiger partial charge on any atom is 0.249 e. The van der Waals surface area contributed by atoms with E-state index in [1.807, 2.05) is 47.0 Å². The van der Waals surface area contributed by atoms with Gasteiger partial charge in [0.1, 0.15) is 5.82 Å². The van der Waals surface area contributed by atoms with Crippen molar-refractivity contribution in [1.29, 1.82) is 0 Å². The number of primary amides is 1. The van der Waals surface area contributed by atoms with Crippen molar-refractivity contribution in [2.24, 2.45) is 5.73 Å². The van der Waals surface area contributed by atoms with Crippen LogP contribution >= 0.6 is 0 Å². The zero-order valence-electron chi connectivity index (χ0n) is 16.2. The summed E-state index contributed by atoms with van der Waals surface area (Å²) in [5.41, 5.74) is 10.6.